The zero-order valence-electron chi connectivity index (χ0n) is 9.84. The van der Waals surface area contributed by atoms with Gasteiger partial charge in [-0.05, 0) is 24.3 Å². The predicted molar refractivity (Wildman–Crippen MR) is 76.9 cm³/mol. The third-order valence-electron chi connectivity index (χ3n) is 2.70. The summed E-state index contributed by atoms with van der Waals surface area (Å²) >= 11 is 7.32. The van der Waals surface area contributed by atoms with E-state index in [1.54, 1.807) is 23.5 Å². The molecule has 0 radical (unpaired) electrons. The van der Waals surface area contributed by atoms with Gasteiger partial charge >= 0.3 is 0 Å². The van der Waals surface area contributed by atoms with Gasteiger partial charge in [0.25, 0.3) is 0 Å². The van der Waals surface area contributed by atoms with E-state index in [1.807, 2.05) is 24.3 Å². The molecule has 0 amide bonds. The average Bonchev–Trinajstić information content (AvgIpc) is 2.80. The van der Waals surface area contributed by atoms with Crippen LogP contribution in [0.4, 0.5) is 0 Å². The van der Waals surface area contributed by atoms with Crippen molar-refractivity contribution in [1.82, 2.24) is 9.97 Å². The molecule has 1 aromatic carbocycles. The summed E-state index contributed by atoms with van der Waals surface area (Å²) in [5, 5.41) is 1.15. The maximum Gasteiger partial charge on any atom is 0.169 e. The van der Waals surface area contributed by atoms with Crippen molar-refractivity contribution in [2.24, 2.45) is 0 Å². The minimum absolute atomic E-state index is 0.00311. The summed E-state index contributed by atoms with van der Waals surface area (Å²) in [6.45, 7) is 0. The maximum absolute atomic E-state index is 12.1. The van der Waals surface area contributed by atoms with Gasteiger partial charge in [-0.25, -0.2) is 9.97 Å². The number of pyridine rings is 1. The number of hydrogen-bond donors (Lipinski definition) is 0. The fraction of sp³-hybridized carbons (Fsp3) is 0.0714. The third kappa shape index (κ3) is 2.64. The van der Waals surface area contributed by atoms with Crippen molar-refractivity contribution in [1.29, 1.82) is 0 Å². The van der Waals surface area contributed by atoms with E-state index in [1.165, 1.54) is 6.20 Å². The Labute approximate surface area is 118 Å². The van der Waals surface area contributed by atoms with E-state index in [-0.39, 0.29) is 5.78 Å². The average molecular weight is 289 g/mol. The molecule has 19 heavy (non-hydrogen) atoms. The van der Waals surface area contributed by atoms with Crippen molar-refractivity contribution in [2.45, 2.75) is 6.42 Å². The van der Waals surface area contributed by atoms with Crippen LogP contribution in [0.15, 0.2) is 42.6 Å². The number of rotatable bonds is 3. The molecule has 0 saturated carbocycles. The largest absolute Gasteiger partial charge is 0.294 e. The van der Waals surface area contributed by atoms with Crippen molar-refractivity contribution >= 4 is 38.9 Å². The summed E-state index contributed by atoms with van der Waals surface area (Å²) in [5.41, 5.74) is 1.50. The van der Waals surface area contributed by atoms with Gasteiger partial charge in [0.05, 0.1) is 16.6 Å². The zero-order chi connectivity index (χ0) is 13.2. The lowest BCUT2D eigenvalue weighted by Gasteiger charge is -1.98. The van der Waals surface area contributed by atoms with Gasteiger partial charge in [0, 0.05) is 11.8 Å². The first-order valence-electron chi connectivity index (χ1n) is 5.71. The number of hydrogen-bond acceptors (Lipinski definition) is 4. The molecule has 0 bridgehead atoms. The van der Waals surface area contributed by atoms with Gasteiger partial charge in [0.15, 0.2) is 5.78 Å². The van der Waals surface area contributed by atoms with Crippen LogP contribution in [0.25, 0.3) is 10.2 Å². The second-order valence-electron chi connectivity index (χ2n) is 4.04. The third-order valence-corrected chi connectivity index (χ3v) is 3.94. The molecule has 5 heteroatoms. The topological polar surface area (TPSA) is 42.9 Å². The Morgan fingerprint density at radius 3 is 2.89 bits per heavy atom. The van der Waals surface area contributed by atoms with Crippen molar-refractivity contribution in [3.05, 3.63) is 58.3 Å². The van der Waals surface area contributed by atoms with Gasteiger partial charge < -0.3 is 0 Å². The Hall–Kier alpha value is -1.78. The van der Waals surface area contributed by atoms with Crippen LogP contribution in [-0.4, -0.2) is 15.8 Å². The fourth-order valence-corrected chi connectivity index (χ4v) is 2.95. The first-order chi connectivity index (χ1) is 9.22. The highest BCUT2D eigenvalue weighted by molar-refractivity contribution is 7.18. The van der Waals surface area contributed by atoms with Gasteiger partial charge in [-0.2, -0.15) is 0 Å². The number of ketones is 1. The highest BCUT2D eigenvalue weighted by Gasteiger charge is 2.11. The van der Waals surface area contributed by atoms with Crippen LogP contribution in [0.2, 0.25) is 5.15 Å². The van der Waals surface area contributed by atoms with E-state index in [0.29, 0.717) is 17.1 Å². The monoisotopic (exact) mass is 288 g/mol. The summed E-state index contributed by atoms with van der Waals surface area (Å²) in [5.74, 6) is 0.00311. The molecular weight excluding hydrogens is 280 g/mol. The van der Waals surface area contributed by atoms with Crippen LogP contribution in [0.3, 0.4) is 0 Å². The Bertz CT molecular complexity index is 721. The molecular formula is C14H9ClN2OS. The summed E-state index contributed by atoms with van der Waals surface area (Å²) < 4.78 is 1.10. The van der Waals surface area contributed by atoms with Gasteiger partial charge in [-0.15, -0.1) is 11.3 Å². The maximum atomic E-state index is 12.1. The van der Waals surface area contributed by atoms with Gasteiger partial charge in [0.2, 0.25) is 0 Å². The van der Waals surface area contributed by atoms with Gasteiger partial charge in [-0.1, -0.05) is 23.7 Å². The SMILES string of the molecule is O=C(Cc1nc2ccccc2s1)c1ccnc(Cl)c1. The number of carbonyl (C=O) groups excluding carboxylic acids is 1. The Morgan fingerprint density at radius 1 is 1.26 bits per heavy atom. The minimum atomic E-state index is 0.00311. The van der Waals surface area contributed by atoms with Crippen LogP contribution in [0, 0.1) is 0 Å². The molecule has 0 spiro atoms. The van der Waals surface area contributed by atoms with Crippen molar-refractivity contribution in [3.8, 4) is 0 Å². The second-order valence-corrected chi connectivity index (χ2v) is 5.54. The van der Waals surface area contributed by atoms with Gasteiger partial charge in [-0.3, -0.25) is 4.79 Å². The lowest BCUT2D eigenvalue weighted by Crippen LogP contribution is -2.03. The quantitative estimate of drug-likeness (QED) is 0.544. The normalized spacial score (nSPS) is 10.8. The molecule has 0 aliphatic heterocycles. The van der Waals surface area contributed by atoms with Crippen molar-refractivity contribution in [2.75, 3.05) is 0 Å². The lowest BCUT2D eigenvalue weighted by atomic mass is 10.1. The van der Waals surface area contributed by atoms with Crippen LogP contribution >= 0.6 is 22.9 Å². The highest BCUT2D eigenvalue weighted by atomic mass is 35.5. The number of para-hydroxylation sites is 1. The highest BCUT2D eigenvalue weighted by Crippen LogP contribution is 2.22. The molecule has 0 aliphatic carbocycles. The molecule has 0 unspecified atom stereocenters. The van der Waals surface area contributed by atoms with E-state index < -0.39 is 0 Å². The van der Waals surface area contributed by atoms with Crippen LogP contribution in [-0.2, 0) is 6.42 Å². The molecule has 2 heterocycles. The number of halogens is 1. The smallest absolute Gasteiger partial charge is 0.169 e. The molecule has 3 nitrogen and oxygen atoms in total. The second kappa shape index (κ2) is 5.07. The number of thiazole rings is 1. The minimum Gasteiger partial charge on any atom is -0.294 e. The molecule has 94 valence electrons. The summed E-state index contributed by atoms with van der Waals surface area (Å²) in [6, 6.07) is 11.1. The number of aromatic nitrogens is 2. The summed E-state index contributed by atoms with van der Waals surface area (Å²) in [6.07, 6.45) is 1.83. The van der Waals surface area contributed by atoms with Crippen molar-refractivity contribution in [3.63, 3.8) is 0 Å². The van der Waals surface area contributed by atoms with E-state index in [9.17, 15) is 4.79 Å². The van der Waals surface area contributed by atoms with E-state index in [4.69, 9.17) is 11.6 Å². The fourth-order valence-electron chi connectivity index (χ4n) is 1.81. The van der Waals surface area contributed by atoms with Crippen LogP contribution in [0.1, 0.15) is 15.4 Å². The standard InChI is InChI=1S/C14H9ClN2OS/c15-13-7-9(5-6-16-13)11(18)8-14-17-10-3-1-2-4-12(10)19-14/h1-7H,8H2. The Morgan fingerprint density at radius 2 is 2.11 bits per heavy atom. The molecule has 3 rings (SSSR count). The predicted octanol–water partition coefficient (Wildman–Crippen LogP) is 3.77. The molecule has 2 aromatic heterocycles. The number of carbonyl (C=O) groups is 1. The number of benzene rings is 1. The molecule has 0 atom stereocenters. The molecule has 0 fully saturated rings. The van der Waals surface area contributed by atoms with Crippen LogP contribution in [0.5, 0.6) is 0 Å². The Kier molecular flexibility index (Phi) is 3.27. The van der Waals surface area contributed by atoms with E-state index >= 15 is 0 Å². The number of nitrogens with zero attached hydrogens (tertiary/aromatic N) is 2. The lowest BCUT2D eigenvalue weighted by molar-refractivity contribution is 0.0993. The molecule has 0 N–H and O–H groups in total. The van der Waals surface area contributed by atoms with E-state index in [0.717, 1.165) is 15.2 Å². The number of fused-ring (bicyclic) bond motifs is 1. The first kappa shape index (κ1) is 12.3. The molecule has 0 saturated heterocycles. The molecule has 0 aliphatic rings. The van der Waals surface area contributed by atoms with E-state index in [2.05, 4.69) is 9.97 Å². The number of Topliss-reactive ketones (excluding diaryl/α,β-unsaturated/α-hetero) is 1. The van der Waals surface area contributed by atoms with Crippen LogP contribution < -0.4 is 0 Å². The summed E-state index contributed by atoms with van der Waals surface area (Å²) in [4.78, 5) is 20.4. The van der Waals surface area contributed by atoms with Crippen molar-refractivity contribution < 1.29 is 4.79 Å². The Balaban J connectivity index is 1.86. The summed E-state index contributed by atoms with van der Waals surface area (Å²) in [7, 11) is 0. The van der Waals surface area contributed by atoms with Gasteiger partial charge in [0.1, 0.15) is 10.2 Å². The zero-order valence-corrected chi connectivity index (χ0v) is 11.4. The molecule has 3 aromatic rings. The first-order valence-corrected chi connectivity index (χ1v) is 6.91.